The van der Waals surface area contributed by atoms with Crippen molar-refractivity contribution in [3.8, 4) is 0 Å². The van der Waals surface area contributed by atoms with Crippen LogP contribution in [0.4, 0.5) is 0 Å². The zero-order valence-corrected chi connectivity index (χ0v) is 13.3. The van der Waals surface area contributed by atoms with Crippen LogP contribution in [0.2, 0.25) is 0 Å². The average molecular weight is 297 g/mol. The Morgan fingerprint density at radius 2 is 1.95 bits per heavy atom. The standard InChI is InChI=1S/C15H27N3O3/c1-11(2)14(20)17-12-4-6-18(7-5-12)13(19)8-21-15(3)9-16-10-15/h11-12,16H,4-10H2,1-3H3,(H,17,20). The van der Waals surface area contributed by atoms with Crippen LogP contribution in [0.1, 0.15) is 33.6 Å². The Hall–Kier alpha value is -1.14. The van der Waals surface area contributed by atoms with Crippen molar-refractivity contribution in [2.24, 2.45) is 5.92 Å². The number of nitrogens with zero attached hydrogens (tertiary/aromatic N) is 1. The van der Waals surface area contributed by atoms with Gasteiger partial charge in [-0.1, -0.05) is 13.8 Å². The van der Waals surface area contributed by atoms with Gasteiger partial charge in [-0.2, -0.15) is 0 Å². The van der Waals surface area contributed by atoms with E-state index in [1.54, 1.807) is 0 Å². The van der Waals surface area contributed by atoms with Gasteiger partial charge in [-0.05, 0) is 19.8 Å². The van der Waals surface area contributed by atoms with E-state index in [2.05, 4.69) is 10.6 Å². The summed E-state index contributed by atoms with van der Waals surface area (Å²) in [5, 5.41) is 6.18. The lowest BCUT2D eigenvalue weighted by molar-refractivity contribution is -0.147. The Morgan fingerprint density at radius 1 is 1.33 bits per heavy atom. The molecular formula is C15H27N3O3. The number of carbonyl (C=O) groups excluding carboxylic acids is 2. The Morgan fingerprint density at radius 3 is 2.43 bits per heavy atom. The predicted octanol–water partition coefficient (Wildman–Crippen LogP) is 0.128. The SMILES string of the molecule is CC(C)C(=O)NC1CCN(C(=O)COC2(C)CNC2)CC1. The van der Waals surface area contributed by atoms with Gasteiger partial charge in [-0.25, -0.2) is 0 Å². The van der Waals surface area contributed by atoms with Gasteiger partial charge in [-0.15, -0.1) is 0 Å². The van der Waals surface area contributed by atoms with E-state index >= 15 is 0 Å². The third-order valence-corrected chi connectivity index (χ3v) is 4.26. The molecule has 120 valence electrons. The lowest BCUT2D eigenvalue weighted by Crippen LogP contribution is -2.60. The van der Waals surface area contributed by atoms with E-state index in [1.165, 1.54) is 0 Å². The molecule has 2 rings (SSSR count). The van der Waals surface area contributed by atoms with Crippen molar-refractivity contribution in [3.05, 3.63) is 0 Å². The minimum atomic E-state index is -0.181. The van der Waals surface area contributed by atoms with Gasteiger partial charge >= 0.3 is 0 Å². The third-order valence-electron chi connectivity index (χ3n) is 4.26. The summed E-state index contributed by atoms with van der Waals surface area (Å²) in [6.45, 7) is 8.96. The quantitative estimate of drug-likeness (QED) is 0.757. The fourth-order valence-electron chi connectivity index (χ4n) is 2.55. The second-order valence-corrected chi connectivity index (χ2v) is 6.66. The molecule has 21 heavy (non-hydrogen) atoms. The van der Waals surface area contributed by atoms with Crippen molar-refractivity contribution in [2.45, 2.75) is 45.3 Å². The number of hydrogen-bond acceptors (Lipinski definition) is 4. The van der Waals surface area contributed by atoms with Crippen LogP contribution in [0.25, 0.3) is 0 Å². The second-order valence-electron chi connectivity index (χ2n) is 6.66. The molecule has 6 nitrogen and oxygen atoms in total. The summed E-state index contributed by atoms with van der Waals surface area (Å²) < 4.78 is 5.68. The van der Waals surface area contributed by atoms with Crippen molar-refractivity contribution in [1.29, 1.82) is 0 Å². The number of carbonyl (C=O) groups is 2. The van der Waals surface area contributed by atoms with Gasteiger partial charge in [0.15, 0.2) is 0 Å². The molecule has 0 radical (unpaired) electrons. The Labute approximate surface area is 126 Å². The summed E-state index contributed by atoms with van der Waals surface area (Å²) in [5.41, 5.74) is -0.181. The second kappa shape index (κ2) is 6.75. The topological polar surface area (TPSA) is 70.7 Å². The van der Waals surface area contributed by atoms with E-state index in [9.17, 15) is 9.59 Å². The number of nitrogens with one attached hydrogen (secondary N) is 2. The first kappa shape index (κ1) is 16.2. The first-order valence-electron chi connectivity index (χ1n) is 7.82. The summed E-state index contributed by atoms with van der Waals surface area (Å²) >= 11 is 0. The molecule has 2 amide bonds. The molecule has 0 bridgehead atoms. The Kier molecular flexibility index (Phi) is 5.22. The van der Waals surface area contributed by atoms with E-state index in [1.807, 2.05) is 25.7 Å². The maximum atomic E-state index is 12.1. The predicted molar refractivity (Wildman–Crippen MR) is 79.8 cm³/mol. The average Bonchev–Trinajstić information content (AvgIpc) is 2.43. The van der Waals surface area contributed by atoms with E-state index in [-0.39, 0.29) is 36.0 Å². The highest BCUT2D eigenvalue weighted by Gasteiger charge is 2.34. The fourth-order valence-corrected chi connectivity index (χ4v) is 2.55. The zero-order valence-electron chi connectivity index (χ0n) is 13.3. The minimum Gasteiger partial charge on any atom is -0.363 e. The highest BCUT2D eigenvalue weighted by Crippen LogP contribution is 2.16. The lowest BCUT2D eigenvalue weighted by atomic mass is 10.0. The molecule has 0 aromatic rings. The van der Waals surface area contributed by atoms with Gasteiger partial charge in [0.1, 0.15) is 6.61 Å². The van der Waals surface area contributed by atoms with Crippen LogP contribution in [0, 0.1) is 5.92 Å². The van der Waals surface area contributed by atoms with Gasteiger partial charge in [0.05, 0.1) is 5.60 Å². The molecule has 6 heteroatoms. The molecule has 0 saturated carbocycles. The van der Waals surface area contributed by atoms with Gasteiger partial charge in [0.25, 0.3) is 0 Å². The maximum Gasteiger partial charge on any atom is 0.248 e. The largest absolute Gasteiger partial charge is 0.363 e. The van der Waals surface area contributed by atoms with Crippen molar-refractivity contribution in [1.82, 2.24) is 15.5 Å². The molecule has 2 N–H and O–H groups in total. The highest BCUT2D eigenvalue weighted by molar-refractivity contribution is 5.79. The number of ether oxygens (including phenoxy) is 1. The van der Waals surface area contributed by atoms with Crippen LogP contribution in [-0.4, -0.2) is 61.1 Å². The molecule has 2 fully saturated rings. The van der Waals surface area contributed by atoms with E-state index in [4.69, 9.17) is 4.74 Å². The molecule has 0 aliphatic carbocycles. The van der Waals surface area contributed by atoms with E-state index in [0.717, 1.165) is 25.9 Å². The fraction of sp³-hybridized carbons (Fsp3) is 0.867. The lowest BCUT2D eigenvalue weighted by Gasteiger charge is -2.39. The number of rotatable bonds is 5. The molecule has 2 aliphatic rings. The molecule has 2 heterocycles. The van der Waals surface area contributed by atoms with Crippen molar-refractivity contribution in [2.75, 3.05) is 32.8 Å². The van der Waals surface area contributed by atoms with Crippen molar-refractivity contribution >= 4 is 11.8 Å². The van der Waals surface area contributed by atoms with Gasteiger partial charge in [-0.3, -0.25) is 9.59 Å². The van der Waals surface area contributed by atoms with Gasteiger partial charge in [0.2, 0.25) is 11.8 Å². The first-order chi connectivity index (χ1) is 9.89. The molecule has 0 unspecified atom stereocenters. The zero-order chi connectivity index (χ0) is 15.5. The molecule has 2 saturated heterocycles. The van der Waals surface area contributed by atoms with Crippen LogP contribution in [0.15, 0.2) is 0 Å². The Bertz CT molecular complexity index is 386. The number of likely N-dealkylation sites (tertiary alicyclic amines) is 1. The maximum absolute atomic E-state index is 12.1. The molecular weight excluding hydrogens is 270 g/mol. The summed E-state index contributed by atoms with van der Waals surface area (Å²) in [5.74, 6) is 0.153. The summed E-state index contributed by atoms with van der Waals surface area (Å²) in [7, 11) is 0. The van der Waals surface area contributed by atoms with Crippen LogP contribution in [0.5, 0.6) is 0 Å². The number of hydrogen-bond donors (Lipinski definition) is 2. The van der Waals surface area contributed by atoms with Crippen molar-refractivity contribution < 1.29 is 14.3 Å². The molecule has 0 spiro atoms. The first-order valence-corrected chi connectivity index (χ1v) is 7.82. The summed E-state index contributed by atoms with van der Waals surface area (Å²) in [6.07, 6.45) is 1.64. The number of piperidine rings is 1. The summed E-state index contributed by atoms with van der Waals surface area (Å²) in [4.78, 5) is 25.6. The summed E-state index contributed by atoms with van der Waals surface area (Å²) in [6, 6.07) is 0.193. The minimum absolute atomic E-state index is 0.00916. The smallest absolute Gasteiger partial charge is 0.248 e. The highest BCUT2D eigenvalue weighted by atomic mass is 16.5. The van der Waals surface area contributed by atoms with Crippen LogP contribution >= 0.6 is 0 Å². The molecule has 0 aromatic heterocycles. The van der Waals surface area contributed by atoms with Crippen LogP contribution < -0.4 is 10.6 Å². The van der Waals surface area contributed by atoms with Crippen LogP contribution in [0.3, 0.4) is 0 Å². The normalized spacial score (nSPS) is 22.0. The van der Waals surface area contributed by atoms with E-state index in [0.29, 0.717) is 13.1 Å². The van der Waals surface area contributed by atoms with Gasteiger partial charge < -0.3 is 20.3 Å². The third kappa shape index (κ3) is 4.41. The van der Waals surface area contributed by atoms with Crippen molar-refractivity contribution in [3.63, 3.8) is 0 Å². The van der Waals surface area contributed by atoms with Crippen LogP contribution in [-0.2, 0) is 14.3 Å². The monoisotopic (exact) mass is 297 g/mol. The molecule has 2 aliphatic heterocycles. The van der Waals surface area contributed by atoms with Gasteiger partial charge in [0, 0.05) is 38.1 Å². The Balaban J connectivity index is 1.68. The number of amides is 2. The molecule has 0 aromatic carbocycles. The molecule has 0 atom stereocenters. The van der Waals surface area contributed by atoms with E-state index < -0.39 is 0 Å².